The van der Waals surface area contributed by atoms with Gasteiger partial charge in [-0.25, -0.2) is 0 Å². The first kappa shape index (κ1) is 17.8. The third-order valence-corrected chi connectivity index (χ3v) is 6.03. The highest BCUT2D eigenvalue weighted by atomic mass is 15.3. The SMILES string of the molecule is Cc1cccc2c1N(c1ccccc1)c1cc3ccccc3cc1N2c1ccccc1. The summed E-state index contributed by atoms with van der Waals surface area (Å²) < 4.78 is 0. The Bertz CT molecular complexity index is 1390. The minimum Gasteiger partial charge on any atom is -0.306 e. The fraction of sp³-hybridized carbons (Fsp3) is 0.0345. The van der Waals surface area contributed by atoms with E-state index < -0.39 is 0 Å². The van der Waals surface area contributed by atoms with E-state index in [4.69, 9.17) is 0 Å². The van der Waals surface area contributed by atoms with Gasteiger partial charge in [-0.3, -0.25) is 0 Å². The second-order valence-electron chi connectivity index (χ2n) is 7.97. The first-order valence-electron chi connectivity index (χ1n) is 10.6. The predicted molar refractivity (Wildman–Crippen MR) is 132 cm³/mol. The Hall–Kier alpha value is -4.04. The van der Waals surface area contributed by atoms with E-state index in [1.165, 1.54) is 50.5 Å². The number of nitrogens with zero attached hydrogens (tertiary/aromatic N) is 2. The molecule has 0 unspecified atom stereocenters. The van der Waals surface area contributed by atoms with Gasteiger partial charge in [0.15, 0.2) is 0 Å². The molecule has 148 valence electrons. The number of rotatable bonds is 2. The van der Waals surface area contributed by atoms with Crippen molar-refractivity contribution in [2.45, 2.75) is 6.92 Å². The smallest absolute Gasteiger partial charge is 0.0732 e. The Kier molecular flexibility index (Phi) is 4.03. The van der Waals surface area contributed by atoms with Crippen LogP contribution in [-0.2, 0) is 0 Å². The Balaban J connectivity index is 1.73. The van der Waals surface area contributed by atoms with Gasteiger partial charge in [-0.15, -0.1) is 0 Å². The number of benzene rings is 5. The number of fused-ring (bicyclic) bond motifs is 3. The molecule has 1 aliphatic heterocycles. The summed E-state index contributed by atoms with van der Waals surface area (Å²) in [5.41, 5.74) is 8.38. The lowest BCUT2D eigenvalue weighted by Gasteiger charge is -2.41. The zero-order valence-electron chi connectivity index (χ0n) is 17.4. The summed E-state index contributed by atoms with van der Waals surface area (Å²) in [6.45, 7) is 2.20. The molecule has 0 saturated heterocycles. The van der Waals surface area contributed by atoms with Crippen LogP contribution in [0, 0.1) is 6.92 Å². The molecule has 2 heteroatoms. The fourth-order valence-electron chi connectivity index (χ4n) is 4.64. The zero-order valence-corrected chi connectivity index (χ0v) is 17.4. The molecule has 0 fully saturated rings. The molecule has 0 N–H and O–H groups in total. The van der Waals surface area contributed by atoms with E-state index in [0.717, 1.165) is 0 Å². The topological polar surface area (TPSA) is 6.48 Å². The van der Waals surface area contributed by atoms with Crippen LogP contribution in [0.3, 0.4) is 0 Å². The van der Waals surface area contributed by atoms with Crippen molar-refractivity contribution in [3.63, 3.8) is 0 Å². The van der Waals surface area contributed by atoms with Crippen LogP contribution < -0.4 is 9.80 Å². The molecule has 1 aliphatic rings. The van der Waals surface area contributed by atoms with E-state index in [9.17, 15) is 0 Å². The van der Waals surface area contributed by atoms with Gasteiger partial charge < -0.3 is 9.80 Å². The summed E-state index contributed by atoms with van der Waals surface area (Å²) in [5, 5.41) is 2.48. The molecule has 31 heavy (non-hydrogen) atoms. The summed E-state index contributed by atoms with van der Waals surface area (Å²) >= 11 is 0. The van der Waals surface area contributed by atoms with Gasteiger partial charge >= 0.3 is 0 Å². The molecule has 0 saturated carbocycles. The quantitative estimate of drug-likeness (QED) is 0.289. The van der Waals surface area contributed by atoms with Crippen molar-refractivity contribution >= 4 is 44.9 Å². The number of anilines is 6. The van der Waals surface area contributed by atoms with Crippen molar-refractivity contribution in [3.05, 3.63) is 121 Å². The van der Waals surface area contributed by atoms with Crippen LogP contribution in [0.5, 0.6) is 0 Å². The van der Waals surface area contributed by atoms with E-state index >= 15 is 0 Å². The van der Waals surface area contributed by atoms with Crippen LogP contribution in [0.25, 0.3) is 10.8 Å². The standard InChI is InChI=1S/C29H22N2/c1-21-11-10-18-26-29(21)31(25-16-6-3-7-17-25)28-20-23-13-9-8-12-22(23)19-27(28)30(26)24-14-4-2-5-15-24/h2-20H,1H3. The predicted octanol–water partition coefficient (Wildman–Crippen LogP) is 8.40. The lowest BCUT2D eigenvalue weighted by Crippen LogP contribution is -2.24. The van der Waals surface area contributed by atoms with Crippen molar-refractivity contribution in [1.82, 2.24) is 0 Å². The van der Waals surface area contributed by atoms with Crippen molar-refractivity contribution in [1.29, 1.82) is 0 Å². The van der Waals surface area contributed by atoms with Crippen LogP contribution in [0.15, 0.2) is 115 Å². The molecule has 1 heterocycles. The fourth-order valence-corrected chi connectivity index (χ4v) is 4.64. The molecule has 0 atom stereocenters. The van der Waals surface area contributed by atoms with Gasteiger partial charge in [0.25, 0.3) is 0 Å². The second-order valence-corrected chi connectivity index (χ2v) is 7.97. The second kappa shape index (κ2) is 7.03. The molecular weight excluding hydrogens is 376 g/mol. The number of hydrogen-bond acceptors (Lipinski definition) is 2. The minimum absolute atomic E-state index is 1.17. The number of aryl methyl sites for hydroxylation is 1. The molecule has 0 radical (unpaired) electrons. The Morgan fingerprint density at radius 3 is 1.58 bits per heavy atom. The average molecular weight is 399 g/mol. The summed E-state index contributed by atoms with van der Waals surface area (Å²) in [6, 6.07) is 41.1. The van der Waals surface area contributed by atoms with E-state index in [2.05, 4.69) is 132 Å². The number of hydrogen-bond donors (Lipinski definition) is 0. The molecule has 0 aliphatic carbocycles. The average Bonchev–Trinajstić information content (AvgIpc) is 2.83. The minimum atomic E-state index is 1.17. The van der Waals surface area contributed by atoms with Crippen LogP contribution in [0.1, 0.15) is 5.56 Å². The van der Waals surface area contributed by atoms with E-state index in [-0.39, 0.29) is 0 Å². The van der Waals surface area contributed by atoms with Gasteiger partial charge in [-0.05, 0) is 65.7 Å². The third kappa shape index (κ3) is 2.80. The van der Waals surface area contributed by atoms with Gasteiger partial charge in [-0.1, -0.05) is 72.8 Å². The molecule has 2 nitrogen and oxygen atoms in total. The monoisotopic (exact) mass is 398 g/mol. The maximum atomic E-state index is 2.41. The molecule has 0 amide bonds. The maximum Gasteiger partial charge on any atom is 0.0732 e. The molecule has 5 aromatic rings. The largest absolute Gasteiger partial charge is 0.306 e. The lowest BCUT2D eigenvalue weighted by atomic mass is 9.99. The third-order valence-electron chi connectivity index (χ3n) is 6.03. The van der Waals surface area contributed by atoms with E-state index in [1.54, 1.807) is 0 Å². The van der Waals surface area contributed by atoms with Crippen molar-refractivity contribution < 1.29 is 0 Å². The van der Waals surface area contributed by atoms with Gasteiger partial charge in [0.05, 0.1) is 22.7 Å². The van der Waals surface area contributed by atoms with Gasteiger partial charge in [0, 0.05) is 11.4 Å². The highest BCUT2D eigenvalue weighted by Gasteiger charge is 2.31. The molecule has 6 rings (SSSR count). The Morgan fingerprint density at radius 1 is 0.452 bits per heavy atom. The van der Waals surface area contributed by atoms with Crippen molar-refractivity contribution in [2.24, 2.45) is 0 Å². The van der Waals surface area contributed by atoms with Crippen molar-refractivity contribution in [3.8, 4) is 0 Å². The molecule has 0 bridgehead atoms. The summed E-state index contributed by atoms with van der Waals surface area (Å²) in [7, 11) is 0. The molecule has 0 spiro atoms. The lowest BCUT2D eigenvalue weighted by molar-refractivity contribution is 1.16. The van der Waals surface area contributed by atoms with Gasteiger partial charge in [0.2, 0.25) is 0 Å². The first-order valence-corrected chi connectivity index (χ1v) is 10.6. The van der Waals surface area contributed by atoms with Gasteiger partial charge in [0.1, 0.15) is 0 Å². The normalized spacial score (nSPS) is 12.5. The van der Waals surface area contributed by atoms with Gasteiger partial charge in [-0.2, -0.15) is 0 Å². The van der Waals surface area contributed by atoms with E-state index in [1.807, 2.05) is 0 Å². The van der Waals surface area contributed by atoms with Crippen LogP contribution >= 0.6 is 0 Å². The van der Waals surface area contributed by atoms with Crippen molar-refractivity contribution in [2.75, 3.05) is 9.80 Å². The highest BCUT2D eigenvalue weighted by Crippen LogP contribution is 2.55. The molecule has 0 aromatic heterocycles. The summed E-state index contributed by atoms with van der Waals surface area (Å²) in [4.78, 5) is 4.80. The highest BCUT2D eigenvalue weighted by molar-refractivity contribution is 6.06. The zero-order chi connectivity index (χ0) is 20.8. The van der Waals surface area contributed by atoms with Crippen LogP contribution in [-0.4, -0.2) is 0 Å². The molecule has 5 aromatic carbocycles. The maximum absolute atomic E-state index is 2.41. The van der Waals surface area contributed by atoms with Crippen LogP contribution in [0.4, 0.5) is 34.1 Å². The summed E-state index contributed by atoms with van der Waals surface area (Å²) in [5.74, 6) is 0. The Labute approximate surface area is 182 Å². The van der Waals surface area contributed by atoms with Crippen LogP contribution in [0.2, 0.25) is 0 Å². The first-order chi connectivity index (χ1) is 15.3. The Morgan fingerprint density at radius 2 is 0.968 bits per heavy atom. The molecular formula is C29H22N2. The summed E-state index contributed by atoms with van der Waals surface area (Å²) in [6.07, 6.45) is 0. The van der Waals surface area contributed by atoms with E-state index in [0.29, 0.717) is 0 Å². The number of para-hydroxylation sites is 3.